The number of nitrogens with zero attached hydrogens (tertiary/aromatic N) is 2. The lowest BCUT2D eigenvalue weighted by molar-refractivity contribution is 0.102. The van der Waals surface area contributed by atoms with Crippen molar-refractivity contribution < 1.29 is 22.7 Å². The summed E-state index contributed by atoms with van der Waals surface area (Å²) in [5.74, 6) is 0.346. The third-order valence-corrected chi connectivity index (χ3v) is 8.83. The van der Waals surface area contributed by atoms with Gasteiger partial charge in [-0.2, -0.15) is 0 Å². The largest absolute Gasteiger partial charge is 0.497 e. The number of rotatable bonds is 6. The molecule has 2 aromatic carbocycles. The second kappa shape index (κ2) is 9.17. The van der Waals surface area contributed by atoms with Crippen LogP contribution in [-0.2, 0) is 23.9 Å². The first-order chi connectivity index (χ1) is 16.2. The Morgan fingerprint density at radius 2 is 1.47 bits per heavy atom. The van der Waals surface area contributed by atoms with Gasteiger partial charge in [-0.25, -0.2) is 13.2 Å². The van der Waals surface area contributed by atoms with E-state index in [0.717, 1.165) is 19.3 Å². The number of carbonyl (C=O) groups excluding carboxylic acids is 1. The molecule has 1 aliphatic carbocycles. The molecule has 1 amide bonds. The van der Waals surface area contributed by atoms with Gasteiger partial charge in [0.15, 0.2) is 9.84 Å². The predicted molar refractivity (Wildman–Crippen MR) is 130 cm³/mol. The monoisotopic (exact) mass is 487 g/mol. The highest BCUT2D eigenvalue weighted by Crippen LogP contribution is 2.35. The molecule has 1 heterocycles. The minimum atomic E-state index is -3.75. The maximum Gasteiger partial charge on any atom is 0.328 e. The minimum absolute atomic E-state index is 0.0244. The van der Waals surface area contributed by atoms with Gasteiger partial charge in [-0.1, -0.05) is 19.3 Å². The number of carbonyl (C=O) groups is 1. The summed E-state index contributed by atoms with van der Waals surface area (Å²) in [6, 6.07) is 7.79. The van der Waals surface area contributed by atoms with E-state index in [0.29, 0.717) is 35.4 Å². The van der Waals surface area contributed by atoms with Crippen LogP contribution in [0.4, 0.5) is 5.69 Å². The molecule has 0 aliphatic heterocycles. The van der Waals surface area contributed by atoms with Crippen molar-refractivity contribution in [2.75, 3.05) is 19.5 Å². The fraction of sp³-hybridized carbons (Fsp3) is 0.417. The summed E-state index contributed by atoms with van der Waals surface area (Å²) in [4.78, 5) is 25.7. The average molecular weight is 488 g/mol. The maximum atomic E-state index is 13.7. The van der Waals surface area contributed by atoms with Gasteiger partial charge in [0.25, 0.3) is 5.91 Å². The molecule has 4 rings (SSSR count). The van der Waals surface area contributed by atoms with Crippen LogP contribution >= 0.6 is 0 Å². The summed E-state index contributed by atoms with van der Waals surface area (Å²) in [5.41, 5.74) is 1.12. The van der Waals surface area contributed by atoms with Crippen molar-refractivity contribution in [3.05, 3.63) is 46.4 Å². The maximum absolute atomic E-state index is 13.7. The van der Waals surface area contributed by atoms with Crippen LogP contribution in [0, 0.1) is 0 Å². The highest BCUT2D eigenvalue weighted by Gasteiger charge is 2.32. The normalized spacial score (nSPS) is 14.8. The molecule has 1 N–H and O–H groups in total. The summed E-state index contributed by atoms with van der Waals surface area (Å²) in [6.07, 6.45) is 3.87. The number of benzene rings is 2. The molecule has 0 unspecified atom stereocenters. The quantitative estimate of drug-likeness (QED) is 0.572. The summed E-state index contributed by atoms with van der Waals surface area (Å²) in [6.45, 7) is 0. The van der Waals surface area contributed by atoms with Crippen LogP contribution in [0.15, 0.2) is 40.0 Å². The number of hydrogen-bond acceptors (Lipinski definition) is 6. The molecular weight excluding hydrogens is 458 g/mol. The SMILES string of the molecule is COc1cc(OC)cc(C(=O)Nc2cc3c(cc2S(=O)(=O)C2CCCCC2)n(C)c(=O)n3C)c1. The zero-order chi connectivity index (χ0) is 24.6. The van der Waals surface area contributed by atoms with Crippen LogP contribution < -0.4 is 20.5 Å². The molecule has 1 fully saturated rings. The van der Waals surface area contributed by atoms with Crippen LogP contribution in [0.3, 0.4) is 0 Å². The summed E-state index contributed by atoms with van der Waals surface area (Å²) in [5, 5.41) is 2.25. The fourth-order valence-electron chi connectivity index (χ4n) is 4.55. The van der Waals surface area contributed by atoms with Crippen molar-refractivity contribution in [1.82, 2.24) is 9.13 Å². The van der Waals surface area contributed by atoms with Gasteiger partial charge >= 0.3 is 5.69 Å². The number of methoxy groups -OCH3 is 2. The first kappa shape index (κ1) is 23.9. The number of hydrogen-bond donors (Lipinski definition) is 1. The van der Waals surface area contributed by atoms with E-state index in [9.17, 15) is 18.0 Å². The number of ether oxygens (including phenoxy) is 2. The molecule has 10 heteroatoms. The van der Waals surface area contributed by atoms with Crippen molar-refractivity contribution in [2.24, 2.45) is 14.1 Å². The number of imidazole rings is 1. The first-order valence-corrected chi connectivity index (χ1v) is 12.7. The van der Waals surface area contributed by atoms with Crippen LogP contribution in [0.25, 0.3) is 11.0 Å². The highest BCUT2D eigenvalue weighted by molar-refractivity contribution is 7.92. The van der Waals surface area contributed by atoms with E-state index in [2.05, 4.69) is 5.32 Å². The van der Waals surface area contributed by atoms with Gasteiger partial charge < -0.3 is 14.8 Å². The van der Waals surface area contributed by atoms with Crippen molar-refractivity contribution in [2.45, 2.75) is 42.2 Å². The lowest BCUT2D eigenvalue weighted by atomic mass is 10.0. The zero-order valence-electron chi connectivity index (χ0n) is 19.8. The Balaban J connectivity index is 1.85. The molecular formula is C24H29N3O6S. The predicted octanol–water partition coefficient (Wildman–Crippen LogP) is 3.25. The first-order valence-electron chi connectivity index (χ1n) is 11.1. The van der Waals surface area contributed by atoms with Crippen molar-refractivity contribution in [1.29, 1.82) is 0 Å². The van der Waals surface area contributed by atoms with E-state index in [1.165, 1.54) is 29.4 Å². The summed E-state index contributed by atoms with van der Waals surface area (Å²) in [7, 11) is 2.43. The second-order valence-corrected chi connectivity index (χ2v) is 10.8. The number of fused-ring (bicyclic) bond motifs is 1. The van der Waals surface area contributed by atoms with Crippen LogP contribution in [0.1, 0.15) is 42.5 Å². The molecule has 0 bridgehead atoms. The third-order valence-electron chi connectivity index (χ3n) is 6.53. The second-order valence-electron chi connectivity index (χ2n) is 8.60. The number of anilines is 1. The third kappa shape index (κ3) is 4.18. The number of sulfone groups is 1. The van der Waals surface area contributed by atoms with E-state index < -0.39 is 21.0 Å². The van der Waals surface area contributed by atoms with E-state index in [1.807, 2.05) is 0 Å². The molecule has 0 saturated heterocycles. The van der Waals surface area contributed by atoms with Gasteiger partial charge in [0, 0.05) is 25.7 Å². The minimum Gasteiger partial charge on any atom is -0.497 e. The zero-order valence-corrected chi connectivity index (χ0v) is 20.6. The molecule has 0 spiro atoms. The van der Waals surface area contributed by atoms with Crippen LogP contribution in [0.5, 0.6) is 11.5 Å². The molecule has 0 radical (unpaired) electrons. The number of aryl methyl sites for hydroxylation is 2. The Kier molecular flexibility index (Phi) is 6.44. The van der Waals surface area contributed by atoms with Crippen molar-refractivity contribution in [3.8, 4) is 11.5 Å². The number of amides is 1. The smallest absolute Gasteiger partial charge is 0.328 e. The van der Waals surface area contributed by atoms with Crippen LogP contribution in [-0.4, -0.2) is 42.9 Å². The number of aromatic nitrogens is 2. The molecule has 1 saturated carbocycles. The molecule has 9 nitrogen and oxygen atoms in total. The molecule has 1 aliphatic rings. The van der Waals surface area contributed by atoms with Gasteiger partial charge in [0.05, 0.1) is 41.1 Å². The van der Waals surface area contributed by atoms with Gasteiger partial charge in [-0.15, -0.1) is 0 Å². The summed E-state index contributed by atoms with van der Waals surface area (Å²) >= 11 is 0. The van der Waals surface area contributed by atoms with Crippen molar-refractivity contribution >= 4 is 32.5 Å². The Hall–Kier alpha value is -3.27. The Bertz CT molecular complexity index is 1390. The molecule has 182 valence electrons. The van der Waals surface area contributed by atoms with Crippen molar-refractivity contribution in [3.63, 3.8) is 0 Å². The molecule has 1 aromatic heterocycles. The summed E-state index contributed by atoms with van der Waals surface area (Å²) < 4.78 is 40.7. The topological polar surface area (TPSA) is 109 Å². The van der Waals surface area contributed by atoms with Gasteiger partial charge in [-0.3, -0.25) is 13.9 Å². The number of nitrogens with one attached hydrogen (secondary N) is 1. The Morgan fingerprint density at radius 1 is 0.912 bits per heavy atom. The van der Waals surface area contributed by atoms with Gasteiger partial charge in [-0.05, 0) is 37.1 Å². The van der Waals surface area contributed by atoms with E-state index in [-0.39, 0.29) is 21.8 Å². The van der Waals surface area contributed by atoms with E-state index in [1.54, 1.807) is 38.4 Å². The Morgan fingerprint density at radius 3 is 2.03 bits per heavy atom. The molecule has 3 aromatic rings. The van der Waals surface area contributed by atoms with E-state index in [4.69, 9.17) is 9.47 Å². The lowest BCUT2D eigenvalue weighted by Gasteiger charge is -2.23. The lowest BCUT2D eigenvalue weighted by Crippen LogP contribution is -2.25. The average Bonchev–Trinajstić information content (AvgIpc) is 3.06. The van der Waals surface area contributed by atoms with E-state index >= 15 is 0 Å². The molecule has 0 atom stereocenters. The highest BCUT2D eigenvalue weighted by atomic mass is 32.2. The van der Waals surface area contributed by atoms with Crippen LogP contribution in [0.2, 0.25) is 0 Å². The fourth-order valence-corrected chi connectivity index (χ4v) is 6.55. The standard InChI is InChI=1S/C24H29N3O6S/c1-26-20-13-19(25-23(28)15-10-16(32-3)12-17(11-15)33-4)22(14-21(20)27(2)24(26)29)34(30,31)18-8-6-5-7-9-18/h10-14,18H,5-9H2,1-4H3,(H,25,28). The van der Waals surface area contributed by atoms with Gasteiger partial charge in [0.1, 0.15) is 11.5 Å². The Labute approximate surface area is 198 Å². The van der Waals surface area contributed by atoms with Gasteiger partial charge in [0.2, 0.25) is 0 Å². The molecule has 34 heavy (non-hydrogen) atoms.